The molecule has 3 amide bonds. The topological polar surface area (TPSA) is 129 Å². The molecule has 1 aromatic heterocycles. The van der Waals surface area contributed by atoms with Crippen LogP contribution in [0.1, 0.15) is 18.3 Å². The van der Waals surface area contributed by atoms with E-state index in [9.17, 15) is 9.59 Å². The van der Waals surface area contributed by atoms with Gasteiger partial charge in [0.2, 0.25) is 11.1 Å². The summed E-state index contributed by atoms with van der Waals surface area (Å²) in [5, 5.41) is 12.3. The van der Waals surface area contributed by atoms with Crippen LogP contribution in [0.2, 0.25) is 0 Å². The van der Waals surface area contributed by atoms with Crippen molar-refractivity contribution in [1.82, 2.24) is 20.2 Å². The number of nitrogen functional groups attached to an aromatic ring is 1. The van der Waals surface area contributed by atoms with Crippen LogP contribution in [0.25, 0.3) is 10.8 Å². The number of benzene rings is 2. The first-order valence-electron chi connectivity index (χ1n) is 7.88. The maximum absolute atomic E-state index is 11.8. The number of aromatic nitrogens is 3. The first-order chi connectivity index (χ1) is 12.5. The van der Waals surface area contributed by atoms with Gasteiger partial charge in [-0.15, -0.1) is 10.2 Å². The smallest absolute Gasteiger partial charge is 0.318 e. The van der Waals surface area contributed by atoms with Gasteiger partial charge in [0.05, 0.1) is 5.25 Å². The Morgan fingerprint density at radius 2 is 1.92 bits per heavy atom. The highest BCUT2D eigenvalue weighted by Gasteiger charge is 2.20. The molecule has 0 aliphatic heterocycles. The molecule has 1 heterocycles. The minimum absolute atomic E-state index is 0.382. The number of nitrogens with zero attached hydrogens (tertiary/aromatic N) is 3. The number of rotatable bonds is 5. The van der Waals surface area contributed by atoms with Crippen LogP contribution in [0, 0.1) is 0 Å². The number of amides is 3. The molecule has 0 radical (unpaired) electrons. The predicted molar refractivity (Wildman–Crippen MR) is 100.0 cm³/mol. The van der Waals surface area contributed by atoms with Crippen molar-refractivity contribution >= 4 is 34.5 Å². The normalized spacial score (nSPS) is 12.0. The summed E-state index contributed by atoms with van der Waals surface area (Å²) in [6, 6.07) is 13.2. The van der Waals surface area contributed by atoms with Gasteiger partial charge in [0.1, 0.15) is 0 Å². The summed E-state index contributed by atoms with van der Waals surface area (Å²) in [6.07, 6.45) is 0.507. The molecule has 0 saturated heterocycles. The number of imide groups is 1. The Labute approximate surface area is 153 Å². The van der Waals surface area contributed by atoms with Gasteiger partial charge < -0.3 is 11.6 Å². The number of nitrogens with two attached hydrogens (primary N) is 2. The monoisotopic (exact) mass is 370 g/mol. The number of hydrogen-bond acceptors (Lipinski definition) is 6. The van der Waals surface area contributed by atoms with Gasteiger partial charge >= 0.3 is 6.03 Å². The van der Waals surface area contributed by atoms with Gasteiger partial charge in [-0.2, -0.15) is 0 Å². The molecule has 3 rings (SSSR count). The Bertz CT molecular complexity index is 966. The van der Waals surface area contributed by atoms with E-state index in [1.807, 2.05) is 47.8 Å². The van der Waals surface area contributed by atoms with Crippen LogP contribution >= 0.6 is 11.8 Å². The van der Waals surface area contributed by atoms with Crippen molar-refractivity contribution in [3.8, 4) is 0 Å². The average Bonchev–Trinajstić information content (AvgIpc) is 2.95. The average molecular weight is 370 g/mol. The van der Waals surface area contributed by atoms with Crippen molar-refractivity contribution in [2.75, 3.05) is 5.84 Å². The van der Waals surface area contributed by atoms with Crippen molar-refractivity contribution in [3.63, 3.8) is 0 Å². The summed E-state index contributed by atoms with van der Waals surface area (Å²) in [6.45, 7) is 1.63. The molecule has 5 N–H and O–H groups in total. The third-order valence-corrected chi connectivity index (χ3v) is 4.92. The number of urea groups is 1. The summed E-state index contributed by atoms with van der Waals surface area (Å²) in [5.41, 5.74) is 6.03. The molecule has 0 fully saturated rings. The third kappa shape index (κ3) is 3.77. The van der Waals surface area contributed by atoms with Crippen LogP contribution in [0.4, 0.5) is 4.79 Å². The summed E-state index contributed by atoms with van der Waals surface area (Å²) < 4.78 is 1.36. The first-order valence-corrected chi connectivity index (χ1v) is 8.76. The molecule has 26 heavy (non-hydrogen) atoms. The number of nitrogens with one attached hydrogen (secondary N) is 1. The van der Waals surface area contributed by atoms with Crippen molar-refractivity contribution in [2.24, 2.45) is 5.73 Å². The SMILES string of the molecule is C[C@@H](Sc1nnc(Cc2cccc3ccccc23)n1N)C(=O)NC(N)=O. The van der Waals surface area contributed by atoms with Crippen LogP contribution in [0.5, 0.6) is 0 Å². The second-order valence-corrected chi connectivity index (χ2v) is 7.01. The van der Waals surface area contributed by atoms with E-state index in [4.69, 9.17) is 11.6 Å². The van der Waals surface area contributed by atoms with Crippen LogP contribution in [0.3, 0.4) is 0 Å². The number of fused-ring (bicyclic) bond motifs is 1. The highest BCUT2D eigenvalue weighted by molar-refractivity contribution is 8.00. The molecule has 0 saturated carbocycles. The lowest BCUT2D eigenvalue weighted by Gasteiger charge is -2.10. The summed E-state index contributed by atoms with van der Waals surface area (Å²) in [5.74, 6) is 6.15. The predicted octanol–water partition coefficient (Wildman–Crippen LogP) is 1.41. The Hall–Kier alpha value is -3.07. The number of primary amides is 1. The maximum Gasteiger partial charge on any atom is 0.318 e. The molecule has 9 heteroatoms. The zero-order chi connectivity index (χ0) is 18.7. The number of carbonyl (C=O) groups is 2. The second kappa shape index (κ2) is 7.44. The Morgan fingerprint density at radius 3 is 2.69 bits per heavy atom. The third-order valence-electron chi connectivity index (χ3n) is 3.86. The molecular formula is C17H18N6O2S. The fourth-order valence-corrected chi connectivity index (χ4v) is 3.35. The van der Waals surface area contributed by atoms with E-state index in [2.05, 4.69) is 10.2 Å². The minimum atomic E-state index is -0.895. The van der Waals surface area contributed by atoms with Gasteiger partial charge in [-0.1, -0.05) is 54.2 Å². The van der Waals surface area contributed by atoms with E-state index in [1.54, 1.807) is 6.92 Å². The molecule has 0 unspecified atom stereocenters. The molecule has 3 aromatic rings. The number of thioether (sulfide) groups is 1. The van der Waals surface area contributed by atoms with E-state index in [0.29, 0.717) is 17.4 Å². The molecule has 0 bridgehead atoms. The van der Waals surface area contributed by atoms with Crippen LogP contribution < -0.4 is 16.9 Å². The lowest BCUT2D eigenvalue weighted by molar-refractivity contribution is -0.119. The van der Waals surface area contributed by atoms with Gasteiger partial charge in [-0.05, 0) is 23.3 Å². The molecule has 0 aliphatic carbocycles. The summed E-state index contributed by atoms with van der Waals surface area (Å²) >= 11 is 1.10. The molecule has 8 nitrogen and oxygen atoms in total. The van der Waals surface area contributed by atoms with Crippen LogP contribution in [-0.4, -0.2) is 32.1 Å². The highest BCUT2D eigenvalue weighted by Crippen LogP contribution is 2.24. The van der Waals surface area contributed by atoms with E-state index in [0.717, 1.165) is 28.1 Å². The largest absolute Gasteiger partial charge is 0.351 e. The molecule has 1 atom stereocenters. The van der Waals surface area contributed by atoms with Crippen molar-refractivity contribution < 1.29 is 9.59 Å². The molecule has 0 spiro atoms. The first kappa shape index (κ1) is 17.7. The van der Waals surface area contributed by atoms with Crippen molar-refractivity contribution in [3.05, 3.63) is 53.9 Å². The van der Waals surface area contributed by atoms with E-state index < -0.39 is 17.2 Å². The van der Waals surface area contributed by atoms with E-state index >= 15 is 0 Å². The van der Waals surface area contributed by atoms with Crippen LogP contribution in [-0.2, 0) is 11.2 Å². The minimum Gasteiger partial charge on any atom is -0.351 e. The molecular weight excluding hydrogens is 352 g/mol. The Kier molecular flexibility index (Phi) is 5.08. The zero-order valence-electron chi connectivity index (χ0n) is 14.0. The van der Waals surface area contributed by atoms with Crippen molar-refractivity contribution in [1.29, 1.82) is 0 Å². The van der Waals surface area contributed by atoms with Gasteiger partial charge in [-0.3, -0.25) is 10.1 Å². The molecule has 0 aliphatic rings. The highest BCUT2D eigenvalue weighted by atomic mass is 32.2. The van der Waals surface area contributed by atoms with Crippen LogP contribution in [0.15, 0.2) is 47.6 Å². The van der Waals surface area contributed by atoms with Gasteiger partial charge in [-0.25, -0.2) is 9.47 Å². The number of carbonyl (C=O) groups excluding carboxylic acids is 2. The lowest BCUT2D eigenvalue weighted by Crippen LogP contribution is -2.39. The summed E-state index contributed by atoms with van der Waals surface area (Å²) in [7, 11) is 0. The summed E-state index contributed by atoms with van der Waals surface area (Å²) in [4.78, 5) is 22.6. The second-order valence-electron chi connectivity index (χ2n) is 5.70. The fraction of sp³-hybridized carbons (Fsp3) is 0.176. The lowest BCUT2D eigenvalue weighted by atomic mass is 10.0. The van der Waals surface area contributed by atoms with E-state index in [-0.39, 0.29) is 0 Å². The Morgan fingerprint density at radius 1 is 1.19 bits per heavy atom. The van der Waals surface area contributed by atoms with Gasteiger partial charge in [0.25, 0.3) is 0 Å². The van der Waals surface area contributed by atoms with E-state index in [1.165, 1.54) is 4.68 Å². The maximum atomic E-state index is 11.8. The zero-order valence-corrected chi connectivity index (χ0v) is 14.9. The fourth-order valence-electron chi connectivity index (χ4n) is 2.56. The standard InChI is InChI=1S/C17H18N6O2S/c1-10(15(24)20-16(18)25)26-17-22-21-14(23(17)19)9-12-7-4-6-11-5-2-3-8-13(11)12/h2-8,10H,9,19H2,1H3,(H3,18,20,24,25)/t10-/m1/s1. The molecule has 2 aromatic carbocycles. The van der Waals surface area contributed by atoms with Crippen molar-refractivity contribution in [2.45, 2.75) is 23.8 Å². The quantitative estimate of drug-likeness (QED) is 0.460. The Balaban J connectivity index is 1.79. The number of hydrogen-bond donors (Lipinski definition) is 3. The molecule has 134 valence electrons. The van der Waals surface area contributed by atoms with Gasteiger partial charge in [0, 0.05) is 6.42 Å². The van der Waals surface area contributed by atoms with Gasteiger partial charge in [0.15, 0.2) is 5.82 Å².